The molecule has 1 aliphatic heterocycles. The molecular weight excluding hydrogens is 371 g/mol. The lowest BCUT2D eigenvalue weighted by molar-refractivity contribution is -0.131. The van der Waals surface area contributed by atoms with Crippen LogP contribution >= 0.6 is 0 Å². The molecule has 1 aliphatic rings. The van der Waals surface area contributed by atoms with Gasteiger partial charge in [-0.3, -0.25) is 4.79 Å². The minimum Gasteiger partial charge on any atom is -0.368 e. The molecule has 3 aromatic rings. The largest absolute Gasteiger partial charge is 0.368 e. The normalized spacial score (nSPS) is 14.3. The van der Waals surface area contributed by atoms with Crippen LogP contribution in [0.2, 0.25) is 0 Å². The van der Waals surface area contributed by atoms with E-state index in [9.17, 15) is 9.18 Å². The van der Waals surface area contributed by atoms with Crippen molar-refractivity contribution in [2.75, 3.05) is 31.1 Å². The topological polar surface area (TPSA) is 62.5 Å². The number of amides is 1. The second-order valence-electron chi connectivity index (χ2n) is 7.23. The van der Waals surface area contributed by atoms with Crippen LogP contribution in [-0.2, 0) is 11.2 Å². The van der Waals surface area contributed by atoms with Gasteiger partial charge in [0.15, 0.2) is 0 Å². The average Bonchev–Trinajstić information content (AvgIpc) is 3.22. The molecule has 6 nitrogen and oxygen atoms in total. The van der Waals surface area contributed by atoms with Crippen molar-refractivity contribution < 1.29 is 13.7 Å². The predicted octanol–water partition coefficient (Wildman–Crippen LogP) is 3.47. The van der Waals surface area contributed by atoms with Gasteiger partial charge in [-0.15, -0.1) is 0 Å². The molecule has 1 amide bonds. The van der Waals surface area contributed by atoms with E-state index in [0.717, 1.165) is 13.1 Å². The lowest BCUT2D eigenvalue weighted by Crippen LogP contribution is -2.48. The van der Waals surface area contributed by atoms with E-state index in [0.29, 0.717) is 43.2 Å². The van der Waals surface area contributed by atoms with Crippen molar-refractivity contribution in [1.29, 1.82) is 0 Å². The van der Waals surface area contributed by atoms with E-state index in [-0.39, 0.29) is 11.7 Å². The summed E-state index contributed by atoms with van der Waals surface area (Å²) >= 11 is 0. The van der Waals surface area contributed by atoms with Crippen molar-refractivity contribution in [3.05, 3.63) is 65.8 Å². The highest BCUT2D eigenvalue weighted by Crippen LogP contribution is 2.19. The standard InChI is InChI=1S/C22H23FN4O2/c1-16-3-2-4-19(15-16)26-11-13-27(14-12-26)21(28)10-9-20-24-22(25-29-20)17-5-7-18(23)8-6-17/h2-8,15H,9-14H2,1H3. The minimum absolute atomic E-state index is 0.0930. The second-order valence-corrected chi connectivity index (χ2v) is 7.23. The first-order chi connectivity index (χ1) is 14.1. The average molecular weight is 394 g/mol. The van der Waals surface area contributed by atoms with Crippen LogP contribution in [0.5, 0.6) is 0 Å². The van der Waals surface area contributed by atoms with Crippen LogP contribution in [0.15, 0.2) is 53.1 Å². The van der Waals surface area contributed by atoms with Gasteiger partial charge in [0.1, 0.15) is 5.82 Å². The van der Waals surface area contributed by atoms with Gasteiger partial charge in [0, 0.05) is 50.3 Å². The van der Waals surface area contributed by atoms with E-state index in [4.69, 9.17) is 4.52 Å². The summed E-state index contributed by atoms with van der Waals surface area (Å²) in [6.07, 6.45) is 0.723. The number of nitrogens with zero attached hydrogens (tertiary/aromatic N) is 4. The van der Waals surface area contributed by atoms with Gasteiger partial charge in [-0.1, -0.05) is 17.3 Å². The van der Waals surface area contributed by atoms with Crippen LogP contribution in [0, 0.1) is 12.7 Å². The highest BCUT2D eigenvalue weighted by atomic mass is 19.1. The third-order valence-electron chi connectivity index (χ3n) is 5.12. The molecule has 0 radical (unpaired) electrons. The molecule has 0 bridgehead atoms. The Bertz CT molecular complexity index is 978. The Labute approximate surface area is 168 Å². The summed E-state index contributed by atoms with van der Waals surface area (Å²) in [5, 5.41) is 3.92. The van der Waals surface area contributed by atoms with Crippen molar-refractivity contribution in [2.45, 2.75) is 19.8 Å². The van der Waals surface area contributed by atoms with Crippen LogP contribution < -0.4 is 4.90 Å². The Morgan fingerprint density at radius 3 is 2.59 bits per heavy atom. The number of hydrogen-bond donors (Lipinski definition) is 0. The molecule has 1 aromatic heterocycles. The number of aryl methyl sites for hydroxylation is 2. The molecule has 7 heteroatoms. The summed E-state index contributed by atoms with van der Waals surface area (Å²) in [6, 6.07) is 14.3. The van der Waals surface area contributed by atoms with Crippen LogP contribution in [0.4, 0.5) is 10.1 Å². The van der Waals surface area contributed by atoms with Crippen molar-refractivity contribution in [2.24, 2.45) is 0 Å². The van der Waals surface area contributed by atoms with E-state index in [1.165, 1.54) is 23.4 Å². The van der Waals surface area contributed by atoms with Crippen LogP contribution in [0.25, 0.3) is 11.4 Å². The van der Waals surface area contributed by atoms with Gasteiger partial charge in [-0.2, -0.15) is 4.98 Å². The Balaban J connectivity index is 1.28. The van der Waals surface area contributed by atoms with Gasteiger partial charge < -0.3 is 14.3 Å². The number of carbonyl (C=O) groups excluding carboxylic acids is 1. The van der Waals surface area contributed by atoms with E-state index in [1.54, 1.807) is 12.1 Å². The summed E-state index contributed by atoms with van der Waals surface area (Å²) in [7, 11) is 0. The predicted molar refractivity (Wildman–Crippen MR) is 108 cm³/mol. The summed E-state index contributed by atoms with van der Waals surface area (Å²) in [4.78, 5) is 21.1. The molecule has 1 fully saturated rings. The fourth-order valence-electron chi connectivity index (χ4n) is 3.48. The number of rotatable bonds is 5. The highest BCUT2D eigenvalue weighted by molar-refractivity contribution is 5.76. The lowest BCUT2D eigenvalue weighted by Gasteiger charge is -2.36. The summed E-state index contributed by atoms with van der Waals surface area (Å²) in [6.45, 7) is 5.14. The van der Waals surface area contributed by atoms with Gasteiger partial charge >= 0.3 is 0 Å². The third kappa shape index (κ3) is 4.62. The molecule has 29 heavy (non-hydrogen) atoms. The molecule has 0 atom stereocenters. The van der Waals surface area contributed by atoms with Crippen molar-refractivity contribution in [3.63, 3.8) is 0 Å². The van der Waals surface area contributed by atoms with Gasteiger partial charge in [-0.25, -0.2) is 4.39 Å². The highest BCUT2D eigenvalue weighted by Gasteiger charge is 2.22. The smallest absolute Gasteiger partial charge is 0.227 e. The summed E-state index contributed by atoms with van der Waals surface area (Å²) in [5.74, 6) is 0.594. The van der Waals surface area contributed by atoms with Gasteiger partial charge in [0.05, 0.1) is 0 Å². The zero-order valence-electron chi connectivity index (χ0n) is 16.3. The zero-order valence-corrected chi connectivity index (χ0v) is 16.3. The molecule has 0 aliphatic carbocycles. The number of halogens is 1. The van der Waals surface area contributed by atoms with Crippen molar-refractivity contribution >= 4 is 11.6 Å². The molecule has 0 saturated carbocycles. The van der Waals surface area contributed by atoms with Crippen LogP contribution in [0.3, 0.4) is 0 Å². The zero-order chi connectivity index (χ0) is 20.2. The Morgan fingerprint density at radius 1 is 1.10 bits per heavy atom. The maximum Gasteiger partial charge on any atom is 0.227 e. The maximum absolute atomic E-state index is 13.0. The van der Waals surface area contributed by atoms with E-state index >= 15 is 0 Å². The monoisotopic (exact) mass is 394 g/mol. The molecule has 4 rings (SSSR count). The Hall–Kier alpha value is -3.22. The number of anilines is 1. The fourth-order valence-corrected chi connectivity index (χ4v) is 3.48. The Kier molecular flexibility index (Phi) is 5.55. The number of aromatic nitrogens is 2. The first-order valence-electron chi connectivity index (χ1n) is 9.76. The van der Waals surface area contributed by atoms with Crippen molar-refractivity contribution in [1.82, 2.24) is 15.0 Å². The minimum atomic E-state index is -0.314. The van der Waals surface area contributed by atoms with E-state index in [2.05, 4.69) is 46.2 Å². The van der Waals surface area contributed by atoms with E-state index in [1.807, 2.05) is 4.90 Å². The first kappa shape index (κ1) is 19.1. The summed E-state index contributed by atoms with van der Waals surface area (Å²) in [5.41, 5.74) is 3.12. The quantitative estimate of drug-likeness (QED) is 0.663. The van der Waals surface area contributed by atoms with Gasteiger partial charge in [-0.05, 0) is 48.9 Å². The second kappa shape index (κ2) is 8.43. The van der Waals surface area contributed by atoms with Gasteiger partial charge in [0.25, 0.3) is 0 Å². The van der Waals surface area contributed by atoms with Crippen LogP contribution in [0.1, 0.15) is 17.9 Å². The third-order valence-corrected chi connectivity index (χ3v) is 5.12. The number of carbonyl (C=O) groups is 1. The summed E-state index contributed by atoms with van der Waals surface area (Å²) < 4.78 is 18.3. The number of hydrogen-bond acceptors (Lipinski definition) is 5. The fraction of sp³-hybridized carbons (Fsp3) is 0.318. The van der Waals surface area contributed by atoms with Crippen molar-refractivity contribution in [3.8, 4) is 11.4 Å². The SMILES string of the molecule is Cc1cccc(N2CCN(C(=O)CCc3nc(-c4ccc(F)cc4)no3)CC2)c1. The van der Waals surface area contributed by atoms with E-state index < -0.39 is 0 Å². The maximum atomic E-state index is 13.0. The molecule has 1 saturated heterocycles. The molecular formula is C22H23FN4O2. The van der Waals surface area contributed by atoms with Gasteiger partial charge in [0.2, 0.25) is 17.6 Å². The number of piperazine rings is 1. The number of benzene rings is 2. The lowest BCUT2D eigenvalue weighted by atomic mass is 10.2. The first-order valence-corrected chi connectivity index (χ1v) is 9.76. The molecule has 0 unspecified atom stereocenters. The molecule has 2 heterocycles. The van der Waals surface area contributed by atoms with Crippen LogP contribution in [-0.4, -0.2) is 47.1 Å². The Morgan fingerprint density at radius 2 is 1.86 bits per heavy atom. The molecule has 150 valence electrons. The molecule has 2 aromatic carbocycles. The molecule has 0 spiro atoms. The molecule has 0 N–H and O–H groups in total.